The molecule has 0 aliphatic rings. The number of nitrogens with two attached hydrogens (primary N) is 1. The van der Waals surface area contributed by atoms with Crippen molar-refractivity contribution in [2.75, 3.05) is 5.73 Å². The highest BCUT2D eigenvalue weighted by atomic mass is 14.8. The Morgan fingerprint density at radius 1 is 1.31 bits per heavy atom. The summed E-state index contributed by atoms with van der Waals surface area (Å²) in [5.74, 6) is 0.632. The van der Waals surface area contributed by atoms with Crippen molar-refractivity contribution in [2.24, 2.45) is 0 Å². The lowest BCUT2D eigenvalue weighted by atomic mass is 10.1. The lowest BCUT2D eigenvalue weighted by molar-refractivity contribution is 0.666. The van der Waals surface area contributed by atoms with Crippen LogP contribution >= 0.6 is 0 Å². The van der Waals surface area contributed by atoms with Crippen LogP contribution in [0.3, 0.4) is 0 Å². The quantitative estimate of drug-likeness (QED) is 0.704. The van der Waals surface area contributed by atoms with E-state index in [0.29, 0.717) is 5.82 Å². The van der Waals surface area contributed by atoms with Gasteiger partial charge in [0.15, 0.2) is 0 Å². The Hall–Kier alpha value is -1.05. The fourth-order valence-corrected chi connectivity index (χ4v) is 1.41. The van der Waals surface area contributed by atoms with Crippen LogP contribution in [0.1, 0.15) is 38.2 Å². The van der Waals surface area contributed by atoms with Crippen LogP contribution in [0.4, 0.5) is 5.82 Å². The second kappa shape index (κ2) is 5.57. The summed E-state index contributed by atoms with van der Waals surface area (Å²) in [6, 6.07) is 4.01. The molecule has 0 spiro atoms. The summed E-state index contributed by atoms with van der Waals surface area (Å²) in [6.07, 6.45) is 8.12. The molecule has 72 valence electrons. The number of rotatable bonds is 5. The molecular weight excluding hydrogens is 160 g/mol. The first kappa shape index (κ1) is 10.0. The van der Waals surface area contributed by atoms with Gasteiger partial charge in [-0.15, -0.1) is 0 Å². The molecule has 0 amide bonds. The smallest absolute Gasteiger partial charge is 0.123 e. The number of hydrogen-bond donors (Lipinski definition) is 1. The summed E-state index contributed by atoms with van der Waals surface area (Å²) in [4.78, 5) is 3.96. The zero-order valence-corrected chi connectivity index (χ0v) is 8.29. The standard InChI is InChI=1S/C11H18N2/c1-2-3-4-5-6-10-7-8-13-11(12)9-10/h7-9H,2-6H2,1H3,(H2,12,13). The van der Waals surface area contributed by atoms with Gasteiger partial charge in [0, 0.05) is 6.20 Å². The first-order valence-corrected chi connectivity index (χ1v) is 5.03. The molecule has 0 saturated carbocycles. The van der Waals surface area contributed by atoms with Crippen LogP contribution in [0.25, 0.3) is 0 Å². The van der Waals surface area contributed by atoms with Gasteiger partial charge in [-0.25, -0.2) is 4.98 Å². The molecule has 0 unspecified atom stereocenters. The molecule has 0 aliphatic carbocycles. The van der Waals surface area contributed by atoms with Crippen LogP contribution in [0.5, 0.6) is 0 Å². The topological polar surface area (TPSA) is 38.9 Å². The highest BCUT2D eigenvalue weighted by molar-refractivity contribution is 5.31. The number of hydrogen-bond acceptors (Lipinski definition) is 2. The number of nitrogens with zero attached hydrogens (tertiary/aromatic N) is 1. The third kappa shape index (κ3) is 3.92. The Morgan fingerprint density at radius 3 is 2.85 bits per heavy atom. The Bertz CT molecular complexity index is 246. The van der Waals surface area contributed by atoms with Crippen molar-refractivity contribution < 1.29 is 0 Å². The van der Waals surface area contributed by atoms with Gasteiger partial charge in [0.2, 0.25) is 0 Å². The first-order valence-electron chi connectivity index (χ1n) is 5.03. The second-order valence-electron chi connectivity index (χ2n) is 3.40. The molecule has 0 saturated heterocycles. The zero-order chi connectivity index (χ0) is 9.52. The highest BCUT2D eigenvalue weighted by Crippen LogP contribution is 2.08. The Morgan fingerprint density at radius 2 is 2.15 bits per heavy atom. The van der Waals surface area contributed by atoms with Crippen LogP contribution in [0.15, 0.2) is 18.3 Å². The van der Waals surface area contributed by atoms with Crippen molar-refractivity contribution in [3.05, 3.63) is 23.9 Å². The first-order chi connectivity index (χ1) is 6.33. The average Bonchev–Trinajstić information content (AvgIpc) is 2.13. The van der Waals surface area contributed by atoms with Gasteiger partial charge in [-0.2, -0.15) is 0 Å². The van der Waals surface area contributed by atoms with E-state index in [1.807, 2.05) is 12.1 Å². The van der Waals surface area contributed by atoms with Crippen molar-refractivity contribution in [1.82, 2.24) is 4.98 Å². The second-order valence-corrected chi connectivity index (χ2v) is 3.40. The molecule has 0 radical (unpaired) electrons. The van der Waals surface area contributed by atoms with E-state index in [0.717, 1.165) is 6.42 Å². The number of pyridine rings is 1. The number of unbranched alkanes of at least 4 members (excludes halogenated alkanes) is 3. The predicted molar refractivity (Wildman–Crippen MR) is 56.5 cm³/mol. The molecule has 0 aromatic carbocycles. The van der Waals surface area contributed by atoms with E-state index < -0.39 is 0 Å². The molecule has 1 aromatic rings. The van der Waals surface area contributed by atoms with Crippen molar-refractivity contribution in [3.8, 4) is 0 Å². The van der Waals surface area contributed by atoms with Gasteiger partial charge in [-0.1, -0.05) is 26.2 Å². The van der Waals surface area contributed by atoms with E-state index in [-0.39, 0.29) is 0 Å². The highest BCUT2D eigenvalue weighted by Gasteiger charge is 1.94. The summed E-state index contributed by atoms with van der Waals surface area (Å²) in [5.41, 5.74) is 6.89. The minimum atomic E-state index is 0.632. The maximum atomic E-state index is 5.58. The van der Waals surface area contributed by atoms with E-state index in [9.17, 15) is 0 Å². The monoisotopic (exact) mass is 178 g/mol. The molecular formula is C11H18N2. The summed E-state index contributed by atoms with van der Waals surface area (Å²) < 4.78 is 0. The summed E-state index contributed by atoms with van der Waals surface area (Å²) >= 11 is 0. The zero-order valence-electron chi connectivity index (χ0n) is 8.29. The van der Waals surface area contributed by atoms with Gasteiger partial charge in [0.1, 0.15) is 5.82 Å². The van der Waals surface area contributed by atoms with Gasteiger partial charge < -0.3 is 5.73 Å². The van der Waals surface area contributed by atoms with Gasteiger partial charge in [0.05, 0.1) is 0 Å². The van der Waals surface area contributed by atoms with E-state index in [1.165, 1.54) is 31.2 Å². The van der Waals surface area contributed by atoms with E-state index >= 15 is 0 Å². The lowest BCUT2D eigenvalue weighted by Crippen LogP contribution is -1.92. The molecule has 0 bridgehead atoms. The van der Waals surface area contributed by atoms with Gasteiger partial charge in [-0.3, -0.25) is 0 Å². The van der Waals surface area contributed by atoms with Crippen LogP contribution in [0.2, 0.25) is 0 Å². The SMILES string of the molecule is CCCCCCc1ccnc(N)c1. The molecule has 2 heteroatoms. The maximum Gasteiger partial charge on any atom is 0.123 e. The molecule has 13 heavy (non-hydrogen) atoms. The summed E-state index contributed by atoms with van der Waals surface area (Å²) in [6.45, 7) is 2.23. The van der Waals surface area contributed by atoms with Crippen LogP contribution in [-0.4, -0.2) is 4.98 Å². The van der Waals surface area contributed by atoms with Gasteiger partial charge in [-0.05, 0) is 30.5 Å². The molecule has 1 aromatic heterocycles. The predicted octanol–water partition coefficient (Wildman–Crippen LogP) is 2.79. The summed E-state index contributed by atoms with van der Waals surface area (Å²) in [7, 11) is 0. The number of aryl methyl sites for hydroxylation is 1. The third-order valence-electron chi connectivity index (χ3n) is 2.16. The Balaban J connectivity index is 2.28. The molecule has 2 N–H and O–H groups in total. The molecule has 0 aliphatic heterocycles. The molecule has 0 atom stereocenters. The summed E-state index contributed by atoms with van der Waals surface area (Å²) in [5, 5.41) is 0. The Labute approximate surface area is 80.2 Å². The van der Waals surface area contributed by atoms with Gasteiger partial charge >= 0.3 is 0 Å². The maximum absolute atomic E-state index is 5.58. The van der Waals surface area contributed by atoms with Crippen molar-refractivity contribution >= 4 is 5.82 Å². The largest absolute Gasteiger partial charge is 0.384 e. The van der Waals surface area contributed by atoms with Crippen molar-refractivity contribution in [3.63, 3.8) is 0 Å². The number of aromatic nitrogens is 1. The van der Waals surface area contributed by atoms with Crippen molar-refractivity contribution in [2.45, 2.75) is 39.0 Å². The number of nitrogen functional groups attached to an aromatic ring is 1. The number of anilines is 1. The lowest BCUT2D eigenvalue weighted by Gasteiger charge is -2.01. The molecule has 1 heterocycles. The molecule has 0 fully saturated rings. The van der Waals surface area contributed by atoms with E-state index in [4.69, 9.17) is 5.73 Å². The average molecular weight is 178 g/mol. The van der Waals surface area contributed by atoms with E-state index in [1.54, 1.807) is 6.20 Å². The van der Waals surface area contributed by atoms with Crippen LogP contribution in [-0.2, 0) is 6.42 Å². The van der Waals surface area contributed by atoms with Crippen LogP contribution < -0.4 is 5.73 Å². The molecule has 1 rings (SSSR count). The molecule has 2 nitrogen and oxygen atoms in total. The normalized spacial score (nSPS) is 10.2. The third-order valence-corrected chi connectivity index (χ3v) is 2.16. The minimum Gasteiger partial charge on any atom is -0.384 e. The van der Waals surface area contributed by atoms with Crippen LogP contribution in [0, 0.1) is 0 Å². The Kier molecular flexibility index (Phi) is 4.30. The fourth-order valence-electron chi connectivity index (χ4n) is 1.41. The van der Waals surface area contributed by atoms with E-state index in [2.05, 4.69) is 11.9 Å². The van der Waals surface area contributed by atoms with Crippen molar-refractivity contribution in [1.29, 1.82) is 0 Å². The minimum absolute atomic E-state index is 0.632. The van der Waals surface area contributed by atoms with Gasteiger partial charge in [0.25, 0.3) is 0 Å². The fraction of sp³-hybridized carbons (Fsp3) is 0.545.